The Morgan fingerprint density at radius 3 is 2.26 bits per heavy atom. The summed E-state index contributed by atoms with van der Waals surface area (Å²) >= 11 is 0. The van der Waals surface area contributed by atoms with Gasteiger partial charge in [-0.1, -0.05) is 11.2 Å². The van der Waals surface area contributed by atoms with E-state index < -0.39 is 0 Å². The lowest BCUT2D eigenvalue weighted by Crippen LogP contribution is -2.46. The van der Waals surface area contributed by atoms with Gasteiger partial charge in [0.1, 0.15) is 11.5 Å². The van der Waals surface area contributed by atoms with E-state index in [2.05, 4.69) is 32.1 Å². The third-order valence-electron chi connectivity index (χ3n) is 4.73. The molecular weight excluding hydrogens is 344 g/mol. The molecule has 0 atom stereocenters. The number of ether oxygens (including phenoxy) is 2. The highest BCUT2D eigenvalue weighted by molar-refractivity contribution is 5.57. The van der Waals surface area contributed by atoms with Gasteiger partial charge in [-0.3, -0.25) is 0 Å². The minimum absolute atomic E-state index is 0.561. The molecule has 2 aromatic carbocycles. The maximum absolute atomic E-state index is 5.49. The molecule has 0 spiro atoms. The minimum atomic E-state index is 0.561. The Morgan fingerprint density at radius 2 is 1.56 bits per heavy atom. The number of hydrogen-bond donors (Lipinski definition) is 0. The molecule has 1 saturated heterocycles. The number of aromatic nitrogens is 2. The Balaban J connectivity index is 1.41. The Hall–Kier alpha value is -3.22. The molecule has 0 unspecified atom stereocenters. The van der Waals surface area contributed by atoms with E-state index in [1.165, 1.54) is 5.69 Å². The summed E-state index contributed by atoms with van der Waals surface area (Å²) in [6, 6.07) is 16.3. The van der Waals surface area contributed by atoms with Crippen LogP contribution in [0.2, 0.25) is 0 Å². The second-order valence-corrected chi connectivity index (χ2v) is 6.30. The van der Waals surface area contributed by atoms with Gasteiger partial charge >= 0.3 is 6.01 Å². The van der Waals surface area contributed by atoms with Gasteiger partial charge in [0.15, 0.2) is 0 Å². The highest BCUT2D eigenvalue weighted by Crippen LogP contribution is 2.25. The molecule has 1 fully saturated rings. The summed E-state index contributed by atoms with van der Waals surface area (Å²) < 4.78 is 16.0. The number of hydrogen-bond acceptors (Lipinski definition) is 7. The van der Waals surface area contributed by atoms with Crippen LogP contribution in [-0.4, -0.2) is 50.5 Å². The second kappa shape index (κ2) is 7.57. The van der Waals surface area contributed by atoms with Crippen molar-refractivity contribution in [3.63, 3.8) is 0 Å². The molecular formula is C20H22N4O3. The van der Waals surface area contributed by atoms with Gasteiger partial charge in [0.2, 0.25) is 5.82 Å². The summed E-state index contributed by atoms with van der Waals surface area (Å²) in [6.07, 6.45) is 0. The lowest BCUT2D eigenvalue weighted by Gasteiger charge is -2.35. The van der Waals surface area contributed by atoms with Crippen LogP contribution in [0.3, 0.4) is 0 Å². The summed E-state index contributed by atoms with van der Waals surface area (Å²) in [5.74, 6) is 2.26. The zero-order chi connectivity index (χ0) is 18.6. The lowest BCUT2D eigenvalue weighted by molar-refractivity contribution is 0.408. The first-order valence-corrected chi connectivity index (χ1v) is 8.89. The average Bonchev–Trinajstić information content (AvgIpc) is 3.24. The standard InChI is InChI=1S/C20H22N4O3/c1-25-17-8-6-15(7-9-17)19-21-20(27-22-19)24-12-10-23(11-13-24)16-4-3-5-18(14-16)26-2/h3-9,14H,10-13H2,1-2H3. The lowest BCUT2D eigenvalue weighted by atomic mass is 10.2. The summed E-state index contributed by atoms with van der Waals surface area (Å²) in [4.78, 5) is 9.01. The predicted octanol–water partition coefficient (Wildman–Crippen LogP) is 3.08. The van der Waals surface area contributed by atoms with E-state index >= 15 is 0 Å². The highest BCUT2D eigenvalue weighted by Gasteiger charge is 2.22. The monoisotopic (exact) mass is 366 g/mol. The smallest absolute Gasteiger partial charge is 0.324 e. The van der Waals surface area contributed by atoms with Crippen molar-refractivity contribution in [3.8, 4) is 22.9 Å². The zero-order valence-corrected chi connectivity index (χ0v) is 15.5. The number of nitrogens with zero attached hydrogens (tertiary/aromatic N) is 4. The maximum Gasteiger partial charge on any atom is 0.324 e. The SMILES string of the molecule is COc1ccc(-c2noc(N3CCN(c4cccc(OC)c4)CC3)n2)cc1. The predicted molar refractivity (Wildman–Crippen MR) is 104 cm³/mol. The van der Waals surface area contributed by atoms with E-state index in [1.807, 2.05) is 36.4 Å². The van der Waals surface area contributed by atoms with E-state index in [9.17, 15) is 0 Å². The molecule has 0 amide bonds. The fraction of sp³-hybridized carbons (Fsp3) is 0.300. The third-order valence-corrected chi connectivity index (χ3v) is 4.73. The maximum atomic E-state index is 5.49. The van der Waals surface area contributed by atoms with E-state index in [1.54, 1.807) is 14.2 Å². The third kappa shape index (κ3) is 3.67. The fourth-order valence-corrected chi connectivity index (χ4v) is 3.16. The summed E-state index contributed by atoms with van der Waals surface area (Å²) in [5, 5.41) is 4.12. The van der Waals surface area contributed by atoms with Crippen molar-refractivity contribution in [2.45, 2.75) is 0 Å². The Morgan fingerprint density at radius 1 is 0.852 bits per heavy atom. The number of anilines is 2. The summed E-state index contributed by atoms with van der Waals surface area (Å²) in [5.41, 5.74) is 2.07. The van der Waals surface area contributed by atoms with Crippen molar-refractivity contribution >= 4 is 11.7 Å². The van der Waals surface area contributed by atoms with Gasteiger partial charge < -0.3 is 23.8 Å². The van der Waals surface area contributed by atoms with Crippen LogP contribution in [0.4, 0.5) is 11.7 Å². The first kappa shape index (κ1) is 17.2. The molecule has 1 aliphatic heterocycles. The van der Waals surface area contributed by atoms with Crippen LogP contribution in [0.15, 0.2) is 53.1 Å². The molecule has 1 aliphatic rings. The van der Waals surface area contributed by atoms with Crippen LogP contribution in [0.1, 0.15) is 0 Å². The molecule has 1 aromatic heterocycles. The molecule has 0 aliphatic carbocycles. The topological polar surface area (TPSA) is 63.9 Å². The number of benzene rings is 2. The molecule has 0 N–H and O–H groups in total. The first-order valence-electron chi connectivity index (χ1n) is 8.89. The van der Waals surface area contributed by atoms with Crippen molar-refractivity contribution in [2.24, 2.45) is 0 Å². The van der Waals surface area contributed by atoms with E-state index in [0.717, 1.165) is 43.2 Å². The fourth-order valence-electron chi connectivity index (χ4n) is 3.16. The van der Waals surface area contributed by atoms with Gasteiger partial charge in [0.25, 0.3) is 0 Å². The quantitative estimate of drug-likeness (QED) is 0.687. The van der Waals surface area contributed by atoms with Gasteiger partial charge in [-0.15, -0.1) is 0 Å². The molecule has 0 bridgehead atoms. The molecule has 7 heteroatoms. The van der Waals surface area contributed by atoms with E-state index in [-0.39, 0.29) is 0 Å². The normalized spacial score (nSPS) is 14.3. The Bertz CT molecular complexity index is 886. The molecule has 0 radical (unpaired) electrons. The van der Waals surface area contributed by atoms with Gasteiger partial charge in [-0.25, -0.2) is 0 Å². The van der Waals surface area contributed by atoms with Crippen molar-refractivity contribution < 1.29 is 14.0 Å². The van der Waals surface area contributed by atoms with E-state index in [0.29, 0.717) is 11.8 Å². The number of methoxy groups -OCH3 is 2. The first-order chi connectivity index (χ1) is 13.3. The van der Waals surface area contributed by atoms with E-state index in [4.69, 9.17) is 14.0 Å². The molecule has 3 aromatic rings. The van der Waals surface area contributed by atoms with Gasteiger partial charge in [-0.05, 0) is 36.4 Å². The van der Waals surface area contributed by atoms with Gasteiger partial charge in [0, 0.05) is 43.5 Å². The molecule has 0 saturated carbocycles. The Kier molecular flexibility index (Phi) is 4.82. The van der Waals surface area contributed by atoms with Gasteiger partial charge in [0.05, 0.1) is 14.2 Å². The average molecular weight is 366 g/mol. The van der Waals surface area contributed by atoms with Gasteiger partial charge in [-0.2, -0.15) is 4.98 Å². The van der Waals surface area contributed by atoms with Crippen LogP contribution in [-0.2, 0) is 0 Å². The molecule has 7 nitrogen and oxygen atoms in total. The van der Waals surface area contributed by atoms with Crippen LogP contribution >= 0.6 is 0 Å². The largest absolute Gasteiger partial charge is 0.497 e. The molecule has 140 valence electrons. The van der Waals surface area contributed by atoms with Crippen molar-refractivity contribution in [1.82, 2.24) is 10.1 Å². The second-order valence-electron chi connectivity index (χ2n) is 6.30. The Labute approximate surface area is 158 Å². The number of piperazine rings is 1. The van der Waals surface area contributed by atoms with Crippen molar-refractivity contribution in [2.75, 3.05) is 50.2 Å². The molecule has 2 heterocycles. The van der Waals surface area contributed by atoms with Crippen LogP contribution < -0.4 is 19.3 Å². The highest BCUT2D eigenvalue weighted by atomic mass is 16.5. The molecule has 27 heavy (non-hydrogen) atoms. The van der Waals surface area contributed by atoms with Crippen LogP contribution in [0, 0.1) is 0 Å². The van der Waals surface area contributed by atoms with Crippen LogP contribution in [0.25, 0.3) is 11.4 Å². The minimum Gasteiger partial charge on any atom is -0.497 e. The van der Waals surface area contributed by atoms with Crippen molar-refractivity contribution in [3.05, 3.63) is 48.5 Å². The zero-order valence-electron chi connectivity index (χ0n) is 15.5. The van der Waals surface area contributed by atoms with Crippen molar-refractivity contribution in [1.29, 1.82) is 0 Å². The summed E-state index contributed by atoms with van der Waals surface area (Å²) in [7, 11) is 3.33. The number of rotatable bonds is 5. The van der Waals surface area contributed by atoms with Crippen LogP contribution in [0.5, 0.6) is 11.5 Å². The molecule has 4 rings (SSSR count). The summed E-state index contributed by atoms with van der Waals surface area (Å²) in [6.45, 7) is 3.41.